The van der Waals surface area contributed by atoms with Crippen LogP contribution in [-0.4, -0.2) is 90.5 Å². The summed E-state index contributed by atoms with van der Waals surface area (Å²) in [5.74, 6) is 1.62. The molecule has 2 aromatic rings. The van der Waals surface area contributed by atoms with Crippen molar-refractivity contribution in [3.05, 3.63) is 59.7 Å². The van der Waals surface area contributed by atoms with Crippen LogP contribution < -0.4 is 9.47 Å². The zero-order valence-corrected chi connectivity index (χ0v) is 23.8. The molecule has 39 heavy (non-hydrogen) atoms. The smallest absolute Gasteiger partial charge is 0.119 e. The molecule has 2 aliphatic rings. The number of epoxide rings is 2. The fourth-order valence-electron chi connectivity index (χ4n) is 4.08. The van der Waals surface area contributed by atoms with Crippen molar-refractivity contribution in [3.8, 4) is 11.5 Å². The third kappa shape index (κ3) is 10.0. The molecule has 8 heteroatoms. The van der Waals surface area contributed by atoms with Crippen LogP contribution in [0.5, 0.6) is 11.5 Å². The van der Waals surface area contributed by atoms with Crippen LogP contribution in [-0.2, 0) is 33.8 Å². The maximum Gasteiger partial charge on any atom is 0.119 e. The molecule has 0 amide bonds. The summed E-state index contributed by atoms with van der Waals surface area (Å²) in [5, 5.41) is 0. The van der Waals surface area contributed by atoms with Crippen molar-refractivity contribution in [3.63, 3.8) is 0 Å². The zero-order chi connectivity index (χ0) is 27.5. The predicted molar refractivity (Wildman–Crippen MR) is 148 cm³/mol. The molecule has 0 spiro atoms. The van der Waals surface area contributed by atoms with Crippen molar-refractivity contribution in [2.24, 2.45) is 0 Å². The van der Waals surface area contributed by atoms with Gasteiger partial charge in [-0.3, -0.25) is 0 Å². The van der Waals surface area contributed by atoms with E-state index in [1.807, 2.05) is 38.1 Å². The van der Waals surface area contributed by atoms with Gasteiger partial charge >= 0.3 is 0 Å². The lowest BCUT2D eigenvalue weighted by Gasteiger charge is -2.27. The molecular formula is C31H44O8. The second kappa shape index (κ2) is 15.0. The van der Waals surface area contributed by atoms with Crippen molar-refractivity contribution in [1.29, 1.82) is 0 Å². The maximum atomic E-state index is 6.02. The van der Waals surface area contributed by atoms with Gasteiger partial charge in [0.2, 0.25) is 0 Å². The summed E-state index contributed by atoms with van der Waals surface area (Å²) in [4.78, 5) is 0. The van der Waals surface area contributed by atoms with Crippen molar-refractivity contribution in [2.75, 3.05) is 66.1 Å². The highest BCUT2D eigenvalue weighted by Crippen LogP contribution is 2.33. The third-order valence-corrected chi connectivity index (χ3v) is 6.88. The van der Waals surface area contributed by atoms with E-state index in [1.165, 1.54) is 11.1 Å². The SMILES string of the molecule is CCOCC(COc1ccc(C(C)(C)c2ccc(OCC(COCC)OCC3CO3)cc2)cc1)OCC1CO1. The van der Waals surface area contributed by atoms with E-state index in [4.69, 9.17) is 37.9 Å². The van der Waals surface area contributed by atoms with Crippen molar-refractivity contribution < 1.29 is 37.9 Å². The average molecular weight is 545 g/mol. The first-order valence-corrected chi connectivity index (χ1v) is 14.1. The Balaban J connectivity index is 1.27. The van der Waals surface area contributed by atoms with Gasteiger partial charge in [-0.2, -0.15) is 0 Å². The molecular weight excluding hydrogens is 500 g/mol. The Morgan fingerprint density at radius 2 is 1.05 bits per heavy atom. The second-order valence-electron chi connectivity index (χ2n) is 10.4. The van der Waals surface area contributed by atoms with Gasteiger partial charge in [0.1, 0.15) is 49.1 Å². The topological polar surface area (TPSA) is 80.4 Å². The van der Waals surface area contributed by atoms with E-state index in [2.05, 4.69) is 38.1 Å². The van der Waals surface area contributed by atoms with E-state index >= 15 is 0 Å². The Morgan fingerprint density at radius 1 is 0.667 bits per heavy atom. The van der Waals surface area contributed by atoms with Gasteiger partial charge in [-0.05, 0) is 49.2 Å². The molecule has 0 N–H and O–H groups in total. The van der Waals surface area contributed by atoms with Gasteiger partial charge in [0.05, 0.1) is 39.6 Å². The van der Waals surface area contributed by atoms with Gasteiger partial charge in [0.25, 0.3) is 0 Å². The lowest BCUT2D eigenvalue weighted by molar-refractivity contribution is -0.0390. The Bertz CT molecular complexity index is 876. The molecule has 0 radical (unpaired) electrons. The third-order valence-electron chi connectivity index (χ3n) is 6.88. The van der Waals surface area contributed by atoms with Gasteiger partial charge in [-0.25, -0.2) is 0 Å². The van der Waals surface area contributed by atoms with E-state index in [-0.39, 0.29) is 29.8 Å². The molecule has 0 aromatic heterocycles. The molecule has 2 fully saturated rings. The van der Waals surface area contributed by atoms with E-state index in [1.54, 1.807) is 0 Å². The Hall–Kier alpha value is -2.20. The standard InChI is InChI=1S/C31H44O8/c1-5-32-15-27(36-19-29-21-38-29)17-34-25-11-7-23(8-12-25)31(3,4)24-9-13-26(14-10-24)35-18-28(16-33-6-2)37-20-30-22-39-30/h7-14,27-30H,5-6,15-22H2,1-4H3. The molecule has 0 aliphatic carbocycles. The van der Waals surface area contributed by atoms with Crippen LogP contribution in [0.1, 0.15) is 38.8 Å². The average Bonchev–Trinajstić information content (AvgIpc) is 3.88. The molecule has 216 valence electrons. The van der Waals surface area contributed by atoms with Crippen LogP contribution in [0, 0.1) is 0 Å². The molecule has 2 heterocycles. The monoisotopic (exact) mass is 544 g/mol. The highest BCUT2D eigenvalue weighted by atomic mass is 16.6. The summed E-state index contributed by atoms with van der Waals surface area (Å²) < 4.78 is 45.4. The summed E-state index contributed by atoms with van der Waals surface area (Å²) in [6, 6.07) is 16.5. The maximum absolute atomic E-state index is 6.02. The summed E-state index contributed by atoms with van der Waals surface area (Å²) in [7, 11) is 0. The number of hydrogen-bond acceptors (Lipinski definition) is 8. The largest absolute Gasteiger partial charge is 0.491 e. The fourth-order valence-corrected chi connectivity index (χ4v) is 4.08. The number of ether oxygens (including phenoxy) is 8. The highest BCUT2D eigenvalue weighted by molar-refractivity contribution is 5.41. The quantitative estimate of drug-likeness (QED) is 0.227. The van der Waals surface area contributed by atoms with Crippen molar-refractivity contribution >= 4 is 0 Å². The Labute approximate surface area is 232 Å². The van der Waals surface area contributed by atoms with Gasteiger partial charge in [0, 0.05) is 18.6 Å². The van der Waals surface area contributed by atoms with E-state index < -0.39 is 0 Å². The molecule has 8 nitrogen and oxygen atoms in total. The normalized spacial score (nSPS) is 19.9. The van der Waals surface area contributed by atoms with Crippen LogP contribution in [0.3, 0.4) is 0 Å². The summed E-state index contributed by atoms with van der Waals surface area (Å²) in [6.45, 7) is 14.3. The number of rotatable bonds is 20. The zero-order valence-electron chi connectivity index (χ0n) is 23.8. The van der Waals surface area contributed by atoms with Crippen LogP contribution in [0.4, 0.5) is 0 Å². The van der Waals surface area contributed by atoms with Crippen molar-refractivity contribution in [1.82, 2.24) is 0 Å². The van der Waals surface area contributed by atoms with Crippen LogP contribution >= 0.6 is 0 Å². The second-order valence-corrected chi connectivity index (χ2v) is 10.4. The van der Waals surface area contributed by atoms with Gasteiger partial charge in [-0.1, -0.05) is 38.1 Å². The molecule has 4 unspecified atom stereocenters. The minimum Gasteiger partial charge on any atom is -0.491 e. The predicted octanol–water partition coefficient (Wildman–Crippen LogP) is 4.41. The van der Waals surface area contributed by atoms with E-state index in [0.29, 0.717) is 52.9 Å². The van der Waals surface area contributed by atoms with Gasteiger partial charge in [-0.15, -0.1) is 0 Å². The minimum absolute atomic E-state index is 0.126. The first-order valence-electron chi connectivity index (χ1n) is 14.1. The summed E-state index contributed by atoms with van der Waals surface area (Å²) in [6.07, 6.45) is 0.184. The van der Waals surface area contributed by atoms with Gasteiger partial charge < -0.3 is 37.9 Å². The lowest BCUT2D eigenvalue weighted by atomic mass is 9.78. The number of benzene rings is 2. The minimum atomic E-state index is -0.188. The Morgan fingerprint density at radius 3 is 1.38 bits per heavy atom. The molecule has 2 aliphatic heterocycles. The molecule has 2 saturated heterocycles. The Kier molecular flexibility index (Phi) is 11.4. The molecule has 0 saturated carbocycles. The first-order chi connectivity index (χ1) is 19.0. The van der Waals surface area contributed by atoms with Crippen LogP contribution in [0.2, 0.25) is 0 Å². The van der Waals surface area contributed by atoms with E-state index in [9.17, 15) is 0 Å². The molecule has 4 rings (SSSR count). The molecule has 0 bridgehead atoms. The highest BCUT2D eigenvalue weighted by Gasteiger charge is 2.26. The van der Waals surface area contributed by atoms with Gasteiger partial charge in [0.15, 0.2) is 0 Å². The summed E-state index contributed by atoms with van der Waals surface area (Å²) >= 11 is 0. The number of hydrogen-bond donors (Lipinski definition) is 0. The first kappa shape index (κ1) is 29.8. The molecule has 4 atom stereocenters. The van der Waals surface area contributed by atoms with Crippen molar-refractivity contribution in [2.45, 2.75) is 57.5 Å². The molecule has 2 aromatic carbocycles. The van der Waals surface area contributed by atoms with E-state index in [0.717, 1.165) is 24.7 Å². The lowest BCUT2D eigenvalue weighted by Crippen LogP contribution is -2.29. The summed E-state index contributed by atoms with van der Waals surface area (Å²) in [5.41, 5.74) is 2.21. The fraction of sp³-hybridized carbons (Fsp3) is 0.613. The van der Waals surface area contributed by atoms with Crippen LogP contribution in [0.25, 0.3) is 0 Å². The van der Waals surface area contributed by atoms with Crippen LogP contribution in [0.15, 0.2) is 48.5 Å².